The maximum Gasteiger partial charge on any atom is 0.234 e. The maximum atomic E-state index is 11.7. The lowest BCUT2D eigenvalue weighted by atomic mass is 10.2. The average Bonchev–Trinajstić information content (AvgIpc) is 2.34. The predicted molar refractivity (Wildman–Crippen MR) is 78.9 cm³/mol. The third-order valence-corrected chi connectivity index (χ3v) is 3.57. The zero-order chi connectivity index (χ0) is 13.5. The third kappa shape index (κ3) is 4.27. The minimum atomic E-state index is -0.0677. The molecule has 0 saturated carbocycles. The molecule has 1 rings (SSSR count). The van der Waals surface area contributed by atoms with Crippen LogP contribution in [-0.2, 0) is 4.79 Å². The van der Waals surface area contributed by atoms with Crippen molar-refractivity contribution in [1.29, 1.82) is 0 Å². The van der Waals surface area contributed by atoms with Crippen LogP contribution in [0.2, 0.25) is 5.02 Å². The molecule has 0 saturated heterocycles. The van der Waals surface area contributed by atoms with Gasteiger partial charge in [-0.3, -0.25) is 4.79 Å². The summed E-state index contributed by atoms with van der Waals surface area (Å²) in [6, 6.07) is 3.50. The van der Waals surface area contributed by atoms with Crippen LogP contribution in [0, 0.1) is 6.92 Å². The summed E-state index contributed by atoms with van der Waals surface area (Å²) in [5.74, 6) is 1.63. The van der Waals surface area contributed by atoms with E-state index in [1.807, 2.05) is 6.92 Å². The van der Waals surface area contributed by atoms with Gasteiger partial charge in [0.2, 0.25) is 5.91 Å². The Morgan fingerprint density at radius 1 is 1.61 bits per heavy atom. The van der Waals surface area contributed by atoms with Crippen LogP contribution in [0.3, 0.4) is 0 Å². The highest BCUT2D eigenvalue weighted by atomic mass is 35.5. The van der Waals surface area contributed by atoms with Crippen molar-refractivity contribution in [3.8, 4) is 5.75 Å². The molecule has 3 nitrogen and oxygen atoms in total. The monoisotopic (exact) mass is 285 g/mol. The molecular formula is C13H16ClNO2S. The Bertz CT molecular complexity index is 449. The Morgan fingerprint density at radius 2 is 2.33 bits per heavy atom. The molecule has 1 N–H and O–H groups in total. The van der Waals surface area contributed by atoms with Gasteiger partial charge in [-0.1, -0.05) is 17.7 Å². The van der Waals surface area contributed by atoms with E-state index in [9.17, 15) is 4.79 Å². The molecule has 0 radical (unpaired) electrons. The van der Waals surface area contributed by atoms with Crippen molar-refractivity contribution in [3.05, 3.63) is 35.4 Å². The summed E-state index contributed by atoms with van der Waals surface area (Å²) in [5, 5.41) is 3.43. The lowest BCUT2D eigenvalue weighted by Crippen LogP contribution is -2.15. The predicted octanol–water partition coefficient (Wildman–Crippen LogP) is 3.51. The lowest BCUT2D eigenvalue weighted by molar-refractivity contribution is -0.113. The van der Waals surface area contributed by atoms with Gasteiger partial charge in [-0.15, -0.1) is 18.3 Å². The van der Waals surface area contributed by atoms with E-state index in [4.69, 9.17) is 16.3 Å². The first-order chi connectivity index (χ1) is 8.58. The van der Waals surface area contributed by atoms with Gasteiger partial charge in [0.05, 0.1) is 18.6 Å². The van der Waals surface area contributed by atoms with Crippen molar-refractivity contribution in [2.24, 2.45) is 0 Å². The number of benzene rings is 1. The van der Waals surface area contributed by atoms with Gasteiger partial charge < -0.3 is 10.1 Å². The van der Waals surface area contributed by atoms with E-state index >= 15 is 0 Å². The van der Waals surface area contributed by atoms with Crippen molar-refractivity contribution >= 4 is 35.0 Å². The quantitative estimate of drug-likeness (QED) is 0.642. The number of anilines is 1. The van der Waals surface area contributed by atoms with Crippen molar-refractivity contribution < 1.29 is 9.53 Å². The largest absolute Gasteiger partial charge is 0.495 e. The van der Waals surface area contributed by atoms with Crippen LogP contribution in [-0.4, -0.2) is 24.5 Å². The van der Waals surface area contributed by atoms with E-state index in [2.05, 4.69) is 11.9 Å². The molecule has 1 aromatic rings. The summed E-state index contributed by atoms with van der Waals surface area (Å²) in [6.07, 6.45) is 1.77. The van der Waals surface area contributed by atoms with Gasteiger partial charge in [0.15, 0.2) is 0 Å². The highest BCUT2D eigenvalue weighted by molar-refractivity contribution is 8.00. The number of amides is 1. The fourth-order valence-corrected chi connectivity index (χ4v) is 2.05. The average molecular weight is 286 g/mol. The van der Waals surface area contributed by atoms with Crippen LogP contribution in [0.15, 0.2) is 24.8 Å². The molecule has 1 amide bonds. The Labute approximate surface area is 117 Å². The molecule has 0 aromatic heterocycles. The van der Waals surface area contributed by atoms with Gasteiger partial charge in [0.25, 0.3) is 0 Å². The van der Waals surface area contributed by atoms with Gasteiger partial charge in [0, 0.05) is 16.8 Å². The van der Waals surface area contributed by atoms with Crippen molar-refractivity contribution in [3.63, 3.8) is 0 Å². The smallest absolute Gasteiger partial charge is 0.234 e. The van der Waals surface area contributed by atoms with Gasteiger partial charge >= 0.3 is 0 Å². The number of nitrogens with one attached hydrogen (secondary N) is 1. The van der Waals surface area contributed by atoms with E-state index in [-0.39, 0.29) is 5.91 Å². The number of rotatable bonds is 6. The van der Waals surface area contributed by atoms with Gasteiger partial charge in [0.1, 0.15) is 5.75 Å². The van der Waals surface area contributed by atoms with Gasteiger partial charge in [-0.05, 0) is 18.6 Å². The van der Waals surface area contributed by atoms with E-state index in [1.165, 1.54) is 11.8 Å². The fraction of sp³-hybridized carbons (Fsp3) is 0.308. The first-order valence-corrected chi connectivity index (χ1v) is 6.94. The summed E-state index contributed by atoms with van der Waals surface area (Å²) in [4.78, 5) is 11.7. The SMILES string of the molecule is C=CCSCC(=O)Nc1cc(C)c(Cl)cc1OC. The summed E-state index contributed by atoms with van der Waals surface area (Å²) in [6.45, 7) is 5.48. The fourth-order valence-electron chi connectivity index (χ4n) is 1.35. The van der Waals surface area contributed by atoms with E-state index < -0.39 is 0 Å². The molecule has 0 aliphatic rings. The zero-order valence-electron chi connectivity index (χ0n) is 10.5. The van der Waals surface area contributed by atoms with Crippen LogP contribution in [0.4, 0.5) is 5.69 Å². The number of methoxy groups -OCH3 is 1. The molecule has 0 aliphatic carbocycles. The molecule has 0 atom stereocenters. The van der Waals surface area contributed by atoms with E-state index in [0.717, 1.165) is 11.3 Å². The molecule has 0 bridgehead atoms. The second-order valence-electron chi connectivity index (χ2n) is 3.65. The van der Waals surface area contributed by atoms with Crippen molar-refractivity contribution in [2.75, 3.05) is 23.9 Å². The number of ether oxygens (including phenoxy) is 1. The Morgan fingerprint density at radius 3 is 2.94 bits per heavy atom. The summed E-state index contributed by atoms with van der Waals surface area (Å²) < 4.78 is 5.19. The second kappa shape index (κ2) is 7.34. The molecule has 5 heteroatoms. The summed E-state index contributed by atoms with van der Waals surface area (Å²) >= 11 is 7.50. The molecule has 0 heterocycles. The molecule has 0 spiro atoms. The van der Waals surface area contributed by atoms with Crippen LogP contribution in [0.5, 0.6) is 5.75 Å². The molecule has 18 heavy (non-hydrogen) atoms. The summed E-state index contributed by atoms with van der Waals surface area (Å²) in [5.41, 5.74) is 1.54. The van der Waals surface area contributed by atoms with Crippen LogP contribution < -0.4 is 10.1 Å². The van der Waals surface area contributed by atoms with Crippen LogP contribution >= 0.6 is 23.4 Å². The molecule has 0 unspecified atom stereocenters. The molecule has 0 aliphatic heterocycles. The molecule has 1 aromatic carbocycles. The summed E-state index contributed by atoms with van der Waals surface area (Å²) in [7, 11) is 1.54. The minimum Gasteiger partial charge on any atom is -0.495 e. The van der Waals surface area contributed by atoms with Crippen molar-refractivity contribution in [1.82, 2.24) is 0 Å². The van der Waals surface area contributed by atoms with E-state index in [1.54, 1.807) is 25.3 Å². The number of aryl methyl sites for hydroxylation is 1. The first kappa shape index (κ1) is 14.9. The number of carbonyl (C=O) groups excluding carboxylic acids is 1. The normalized spacial score (nSPS) is 9.94. The Hall–Kier alpha value is -1.13. The third-order valence-electron chi connectivity index (χ3n) is 2.22. The Kier molecular flexibility index (Phi) is 6.09. The van der Waals surface area contributed by atoms with Crippen molar-refractivity contribution in [2.45, 2.75) is 6.92 Å². The standard InChI is InChI=1S/C13H16ClNO2S/c1-4-5-18-8-13(16)15-11-6-9(2)10(14)7-12(11)17-3/h4,6-7H,1,5,8H2,2-3H3,(H,15,16). The van der Waals surface area contributed by atoms with Crippen LogP contribution in [0.25, 0.3) is 0 Å². The van der Waals surface area contributed by atoms with Crippen LogP contribution in [0.1, 0.15) is 5.56 Å². The van der Waals surface area contributed by atoms with E-state index in [0.29, 0.717) is 22.2 Å². The topological polar surface area (TPSA) is 38.3 Å². The highest BCUT2D eigenvalue weighted by Crippen LogP contribution is 2.30. The number of halogens is 1. The molecule has 0 fully saturated rings. The first-order valence-electron chi connectivity index (χ1n) is 5.41. The minimum absolute atomic E-state index is 0.0677. The zero-order valence-corrected chi connectivity index (χ0v) is 12.0. The number of hydrogen-bond acceptors (Lipinski definition) is 3. The van der Waals surface area contributed by atoms with Gasteiger partial charge in [-0.2, -0.15) is 0 Å². The highest BCUT2D eigenvalue weighted by Gasteiger charge is 2.10. The number of hydrogen-bond donors (Lipinski definition) is 1. The maximum absolute atomic E-state index is 11.7. The number of carbonyl (C=O) groups is 1. The Balaban J connectivity index is 2.74. The molecular weight excluding hydrogens is 270 g/mol. The molecule has 98 valence electrons. The second-order valence-corrected chi connectivity index (χ2v) is 5.09. The lowest BCUT2D eigenvalue weighted by Gasteiger charge is -2.12. The van der Waals surface area contributed by atoms with Gasteiger partial charge in [-0.25, -0.2) is 0 Å². The number of thioether (sulfide) groups is 1.